The van der Waals surface area contributed by atoms with Crippen molar-refractivity contribution in [3.63, 3.8) is 0 Å². The summed E-state index contributed by atoms with van der Waals surface area (Å²) in [4.78, 5) is 12.3. The Morgan fingerprint density at radius 1 is 1.24 bits per heavy atom. The number of fused-ring (bicyclic) bond motifs is 2. The maximum Gasteiger partial charge on any atom is 0.236 e. The SMILES string of the molecule is O=C1Nc2ccc(Cl)cc2C1c1cc2c(cc1O)OCC2. The van der Waals surface area contributed by atoms with Crippen LogP contribution in [0.5, 0.6) is 11.5 Å². The van der Waals surface area contributed by atoms with Gasteiger partial charge in [0.05, 0.1) is 12.5 Å². The van der Waals surface area contributed by atoms with E-state index in [1.807, 2.05) is 6.07 Å². The van der Waals surface area contributed by atoms with Gasteiger partial charge in [-0.05, 0) is 35.4 Å². The van der Waals surface area contributed by atoms with E-state index < -0.39 is 5.92 Å². The first-order chi connectivity index (χ1) is 10.1. The van der Waals surface area contributed by atoms with E-state index in [0.29, 0.717) is 22.9 Å². The van der Waals surface area contributed by atoms with E-state index in [-0.39, 0.29) is 11.7 Å². The maximum absolute atomic E-state index is 12.3. The minimum Gasteiger partial charge on any atom is -0.507 e. The zero-order chi connectivity index (χ0) is 14.6. The van der Waals surface area contributed by atoms with Crippen LogP contribution in [0, 0.1) is 0 Å². The Hall–Kier alpha value is -2.20. The van der Waals surface area contributed by atoms with Crippen molar-refractivity contribution in [2.24, 2.45) is 0 Å². The normalized spacial score (nSPS) is 18.9. The number of halogens is 1. The summed E-state index contributed by atoms with van der Waals surface area (Å²) >= 11 is 6.04. The van der Waals surface area contributed by atoms with Crippen molar-refractivity contribution in [3.8, 4) is 11.5 Å². The number of carbonyl (C=O) groups is 1. The van der Waals surface area contributed by atoms with Gasteiger partial charge in [0.25, 0.3) is 0 Å². The van der Waals surface area contributed by atoms with Gasteiger partial charge in [0.15, 0.2) is 0 Å². The van der Waals surface area contributed by atoms with E-state index in [1.54, 1.807) is 24.3 Å². The molecule has 2 aliphatic rings. The van der Waals surface area contributed by atoms with Crippen molar-refractivity contribution in [2.75, 3.05) is 11.9 Å². The Morgan fingerprint density at radius 3 is 2.95 bits per heavy atom. The monoisotopic (exact) mass is 301 g/mol. The number of hydrogen-bond donors (Lipinski definition) is 2. The summed E-state index contributed by atoms with van der Waals surface area (Å²) in [6.07, 6.45) is 0.791. The van der Waals surface area contributed by atoms with E-state index in [1.165, 1.54) is 0 Å². The minimum atomic E-state index is -0.537. The zero-order valence-corrected chi connectivity index (χ0v) is 11.8. The molecule has 106 valence electrons. The number of aromatic hydroxyl groups is 1. The maximum atomic E-state index is 12.3. The molecule has 0 spiro atoms. The largest absolute Gasteiger partial charge is 0.507 e. The third-order valence-corrected chi connectivity index (χ3v) is 4.23. The first-order valence-electron chi connectivity index (χ1n) is 6.72. The molecule has 4 nitrogen and oxygen atoms in total. The summed E-state index contributed by atoms with van der Waals surface area (Å²) in [5, 5.41) is 13.7. The molecule has 0 radical (unpaired) electrons. The van der Waals surface area contributed by atoms with Gasteiger partial charge < -0.3 is 15.2 Å². The van der Waals surface area contributed by atoms with Crippen LogP contribution in [0.3, 0.4) is 0 Å². The molecule has 2 heterocycles. The van der Waals surface area contributed by atoms with Gasteiger partial charge >= 0.3 is 0 Å². The summed E-state index contributed by atoms with van der Waals surface area (Å²) in [6.45, 7) is 0.609. The number of nitrogens with one attached hydrogen (secondary N) is 1. The summed E-state index contributed by atoms with van der Waals surface area (Å²) in [6, 6.07) is 8.73. The number of ether oxygens (including phenoxy) is 1. The Labute approximate surface area is 126 Å². The smallest absolute Gasteiger partial charge is 0.236 e. The van der Waals surface area contributed by atoms with Crippen molar-refractivity contribution in [1.82, 2.24) is 0 Å². The highest BCUT2D eigenvalue weighted by Crippen LogP contribution is 2.44. The molecule has 0 fully saturated rings. The standard InChI is InChI=1S/C16H12ClNO3/c17-9-1-2-12-10(6-9)15(16(20)18-12)11-5-8-3-4-21-14(8)7-13(11)19/h1-2,5-7,15,19H,3-4H2,(H,18,20). The first-order valence-corrected chi connectivity index (χ1v) is 7.10. The number of benzene rings is 2. The molecule has 2 aromatic rings. The highest BCUT2D eigenvalue weighted by atomic mass is 35.5. The van der Waals surface area contributed by atoms with Crippen molar-refractivity contribution in [2.45, 2.75) is 12.3 Å². The van der Waals surface area contributed by atoms with Gasteiger partial charge in [0.2, 0.25) is 5.91 Å². The molecule has 0 aromatic heterocycles. The molecule has 0 bridgehead atoms. The molecular weight excluding hydrogens is 290 g/mol. The first kappa shape index (κ1) is 12.5. The molecule has 1 amide bonds. The lowest BCUT2D eigenvalue weighted by Crippen LogP contribution is -2.13. The van der Waals surface area contributed by atoms with Crippen LogP contribution in [0.15, 0.2) is 30.3 Å². The van der Waals surface area contributed by atoms with Crippen molar-refractivity contribution >= 4 is 23.2 Å². The average Bonchev–Trinajstić information content (AvgIpc) is 3.01. The van der Waals surface area contributed by atoms with E-state index >= 15 is 0 Å². The Bertz CT molecular complexity index is 772. The van der Waals surface area contributed by atoms with Gasteiger partial charge in [-0.15, -0.1) is 0 Å². The predicted octanol–water partition coefficient (Wildman–Crippen LogP) is 3.06. The molecule has 4 rings (SSSR count). The van der Waals surface area contributed by atoms with E-state index in [0.717, 1.165) is 23.2 Å². The summed E-state index contributed by atoms with van der Waals surface area (Å²) < 4.78 is 5.43. The highest BCUT2D eigenvalue weighted by Gasteiger charge is 2.34. The Kier molecular flexibility index (Phi) is 2.62. The van der Waals surface area contributed by atoms with Crippen LogP contribution in [0.2, 0.25) is 5.02 Å². The van der Waals surface area contributed by atoms with Gasteiger partial charge in [-0.3, -0.25) is 4.79 Å². The summed E-state index contributed by atoms with van der Waals surface area (Å²) in [5.74, 6) is 0.0793. The number of phenolic OH excluding ortho intramolecular Hbond substituents is 1. The molecule has 5 heteroatoms. The molecule has 2 aromatic carbocycles. The lowest BCUT2D eigenvalue weighted by Gasteiger charge is -2.13. The molecule has 1 atom stereocenters. The molecule has 0 saturated carbocycles. The number of carbonyl (C=O) groups excluding carboxylic acids is 1. The van der Waals surface area contributed by atoms with Gasteiger partial charge in [-0.2, -0.15) is 0 Å². The van der Waals surface area contributed by atoms with Crippen molar-refractivity contribution in [1.29, 1.82) is 0 Å². The molecule has 2 aliphatic heterocycles. The minimum absolute atomic E-state index is 0.0728. The second kappa shape index (κ2) is 4.40. The number of hydrogen-bond acceptors (Lipinski definition) is 3. The number of rotatable bonds is 1. The Morgan fingerprint density at radius 2 is 2.10 bits per heavy atom. The highest BCUT2D eigenvalue weighted by molar-refractivity contribution is 6.31. The average molecular weight is 302 g/mol. The summed E-state index contributed by atoms with van der Waals surface area (Å²) in [7, 11) is 0. The van der Waals surface area contributed by atoms with Crippen LogP contribution in [-0.4, -0.2) is 17.6 Å². The summed E-state index contributed by atoms with van der Waals surface area (Å²) in [5.41, 5.74) is 3.15. The number of amides is 1. The fourth-order valence-electron chi connectivity index (χ4n) is 3.01. The lowest BCUT2D eigenvalue weighted by atomic mass is 9.90. The van der Waals surface area contributed by atoms with Gasteiger partial charge in [-0.1, -0.05) is 11.6 Å². The quantitative estimate of drug-likeness (QED) is 0.851. The van der Waals surface area contributed by atoms with E-state index in [9.17, 15) is 9.90 Å². The molecule has 2 N–H and O–H groups in total. The van der Waals surface area contributed by atoms with Gasteiger partial charge in [-0.25, -0.2) is 0 Å². The Balaban J connectivity index is 1.88. The molecule has 1 unspecified atom stereocenters. The molecule has 21 heavy (non-hydrogen) atoms. The van der Waals surface area contributed by atoms with E-state index in [2.05, 4.69) is 5.32 Å². The van der Waals surface area contributed by atoms with Crippen molar-refractivity contribution in [3.05, 3.63) is 52.0 Å². The van der Waals surface area contributed by atoms with Crippen LogP contribution in [0.1, 0.15) is 22.6 Å². The third-order valence-electron chi connectivity index (χ3n) is 3.99. The number of anilines is 1. The van der Waals surface area contributed by atoms with E-state index in [4.69, 9.17) is 16.3 Å². The fourth-order valence-corrected chi connectivity index (χ4v) is 3.19. The van der Waals surface area contributed by atoms with Crippen LogP contribution >= 0.6 is 11.6 Å². The second-order valence-corrected chi connectivity index (χ2v) is 5.71. The number of phenols is 1. The van der Waals surface area contributed by atoms with Crippen LogP contribution in [0.25, 0.3) is 0 Å². The van der Waals surface area contributed by atoms with Gasteiger partial charge in [0.1, 0.15) is 11.5 Å². The fraction of sp³-hybridized carbons (Fsp3) is 0.188. The molecule has 0 saturated heterocycles. The van der Waals surface area contributed by atoms with Gasteiger partial charge in [0, 0.05) is 28.8 Å². The van der Waals surface area contributed by atoms with Crippen LogP contribution in [0.4, 0.5) is 5.69 Å². The van der Waals surface area contributed by atoms with Crippen LogP contribution in [-0.2, 0) is 11.2 Å². The topological polar surface area (TPSA) is 58.6 Å². The zero-order valence-electron chi connectivity index (χ0n) is 11.0. The lowest BCUT2D eigenvalue weighted by molar-refractivity contribution is -0.116. The molecule has 0 aliphatic carbocycles. The van der Waals surface area contributed by atoms with Crippen LogP contribution < -0.4 is 10.1 Å². The van der Waals surface area contributed by atoms with Crippen molar-refractivity contribution < 1.29 is 14.6 Å². The molecular formula is C16H12ClNO3. The predicted molar refractivity (Wildman–Crippen MR) is 79.2 cm³/mol. The third kappa shape index (κ3) is 1.87. The second-order valence-electron chi connectivity index (χ2n) is 5.27.